The molecule has 0 amide bonds. The number of halogens is 1. The molecule has 0 aliphatic rings. The molecule has 0 fully saturated rings. The van der Waals surface area contributed by atoms with Gasteiger partial charge in [0.1, 0.15) is 5.82 Å². The summed E-state index contributed by atoms with van der Waals surface area (Å²) in [5, 5.41) is 9.81. The molecule has 0 bridgehead atoms. The van der Waals surface area contributed by atoms with Crippen LogP contribution in [0.3, 0.4) is 0 Å². The topological polar surface area (TPSA) is 62.0 Å². The summed E-state index contributed by atoms with van der Waals surface area (Å²) in [5.74, 6) is -0.262. The van der Waals surface area contributed by atoms with E-state index < -0.39 is 0 Å². The first kappa shape index (κ1) is 10.1. The summed E-state index contributed by atoms with van der Waals surface area (Å²) >= 11 is 0. The number of nitrogens with two attached hydrogens (primary N) is 1. The molecule has 1 aromatic heterocycles. The van der Waals surface area contributed by atoms with Gasteiger partial charge in [-0.15, -0.1) is 0 Å². The van der Waals surface area contributed by atoms with E-state index in [1.807, 2.05) is 0 Å². The van der Waals surface area contributed by atoms with Crippen molar-refractivity contribution in [2.24, 2.45) is 5.73 Å². The van der Waals surface area contributed by atoms with Crippen LogP contribution in [-0.2, 0) is 6.42 Å². The zero-order chi connectivity index (χ0) is 10.8. The van der Waals surface area contributed by atoms with Crippen LogP contribution < -0.4 is 5.73 Å². The third-order valence-electron chi connectivity index (χ3n) is 2.45. The smallest absolute Gasteiger partial charge is 0.125 e. The van der Waals surface area contributed by atoms with Crippen LogP contribution in [0.5, 0.6) is 0 Å². The number of aromatic amines is 1. The Hall–Kier alpha value is -1.39. The molecule has 1 heterocycles. The fourth-order valence-electron chi connectivity index (χ4n) is 1.67. The second-order valence-corrected chi connectivity index (χ2v) is 3.65. The van der Waals surface area contributed by atoms with Gasteiger partial charge in [-0.1, -0.05) is 0 Å². The summed E-state index contributed by atoms with van der Waals surface area (Å²) in [7, 11) is 0. The summed E-state index contributed by atoms with van der Waals surface area (Å²) < 4.78 is 12.9. The summed E-state index contributed by atoms with van der Waals surface area (Å²) in [6.07, 6.45) is 2.39. The Kier molecular flexibility index (Phi) is 2.70. The average molecular weight is 208 g/mol. The van der Waals surface area contributed by atoms with Gasteiger partial charge < -0.3 is 15.8 Å². The maximum Gasteiger partial charge on any atom is 0.125 e. The summed E-state index contributed by atoms with van der Waals surface area (Å²) in [5.41, 5.74) is 7.41. The number of fused-ring (bicyclic) bond motifs is 1. The maximum atomic E-state index is 12.9. The molecule has 0 aliphatic heterocycles. The highest BCUT2D eigenvalue weighted by atomic mass is 19.1. The lowest BCUT2D eigenvalue weighted by Gasteiger charge is -2.06. The molecule has 15 heavy (non-hydrogen) atoms. The van der Waals surface area contributed by atoms with Gasteiger partial charge >= 0.3 is 0 Å². The van der Waals surface area contributed by atoms with Gasteiger partial charge in [0.2, 0.25) is 0 Å². The zero-order valence-corrected chi connectivity index (χ0v) is 8.20. The third kappa shape index (κ3) is 2.00. The van der Waals surface area contributed by atoms with Crippen molar-refractivity contribution in [2.45, 2.75) is 12.5 Å². The molecule has 0 radical (unpaired) electrons. The van der Waals surface area contributed by atoms with E-state index in [9.17, 15) is 4.39 Å². The molecule has 0 spiro atoms. The van der Waals surface area contributed by atoms with Crippen LogP contribution in [0.2, 0.25) is 0 Å². The number of aromatic nitrogens is 1. The molecule has 3 nitrogen and oxygen atoms in total. The standard InChI is InChI=1S/C11H13FN2O/c12-8-1-2-10-7(3-9(13)6-15)5-14-11(10)4-8/h1-2,4-5,9,14-15H,3,6,13H2. The Morgan fingerprint density at radius 2 is 2.27 bits per heavy atom. The predicted molar refractivity (Wildman–Crippen MR) is 57.0 cm³/mol. The van der Waals surface area contributed by atoms with E-state index in [1.54, 1.807) is 12.3 Å². The Bertz CT molecular complexity index is 467. The van der Waals surface area contributed by atoms with Crippen LogP contribution in [0.15, 0.2) is 24.4 Å². The van der Waals surface area contributed by atoms with Gasteiger partial charge in [-0.05, 0) is 30.2 Å². The number of aliphatic hydroxyl groups is 1. The van der Waals surface area contributed by atoms with Crippen molar-refractivity contribution in [3.05, 3.63) is 35.8 Å². The number of H-pyrrole nitrogens is 1. The van der Waals surface area contributed by atoms with Crippen LogP contribution in [0, 0.1) is 5.82 Å². The van der Waals surface area contributed by atoms with E-state index >= 15 is 0 Å². The Morgan fingerprint density at radius 3 is 3.00 bits per heavy atom. The number of benzene rings is 1. The van der Waals surface area contributed by atoms with Crippen LogP contribution in [0.1, 0.15) is 5.56 Å². The molecular weight excluding hydrogens is 195 g/mol. The molecule has 1 aromatic carbocycles. The fraction of sp³-hybridized carbons (Fsp3) is 0.273. The van der Waals surface area contributed by atoms with Crippen molar-refractivity contribution in [2.75, 3.05) is 6.61 Å². The van der Waals surface area contributed by atoms with Crippen molar-refractivity contribution in [1.29, 1.82) is 0 Å². The average Bonchev–Trinajstić information content (AvgIpc) is 2.60. The summed E-state index contributed by atoms with van der Waals surface area (Å²) in [6.45, 7) is -0.0477. The molecule has 4 heteroatoms. The fourth-order valence-corrected chi connectivity index (χ4v) is 1.67. The molecule has 1 unspecified atom stereocenters. The molecule has 0 aliphatic carbocycles. The first-order chi connectivity index (χ1) is 7.20. The SMILES string of the molecule is NC(CO)Cc1c[nH]c2cc(F)ccc12. The van der Waals surface area contributed by atoms with Gasteiger partial charge in [-0.25, -0.2) is 4.39 Å². The summed E-state index contributed by atoms with van der Waals surface area (Å²) in [4.78, 5) is 2.98. The van der Waals surface area contributed by atoms with Crippen molar-refractivity contribution in [1.82, 2.24) is 4.98 Å². The third-order valence-corrected chi connectivity index (χ3v) is 2.45. The Morgan fingerprint density at radius 1 is 1.47 bits per heavy atom. The van der Waals surface area contributed by atoms with Crippen molar-refractivity contribution in [3.8, 4) is 0 Å². The molecule has 80 valence electrons. The lowest BCUT2D eigenvalue weighted by atomic mass is 10.1. The molecule has 1 atom stereocenters. The highest BCUT2D eigenvalue weighted by molar-refractivity contribution is 5.83. The van der Waals surface area contributed by atoms with Gasteiger partial charge in [0, 0.05) is 23.1 Å². The number of rotatable bonds is 3. The van der Waals surface area contributed by atoms with Crippen LogP contribution in [0.4, 0.5) is 4.39 Å². The van der Waals surface area contributed by atoms with Gasteiger partial charge in [-0.3, -0.25) is 0 Å². The lowest BCUT2D eigenvalue weighted by molar-refractivity contribution is 0.265. The van der Waals surface area contributed by atoms with Crippen molar-refractivity contribution >= 4 is 10.9 Å². The van der Waals surface area contributed by atoms with Crippen LogP contribution in [0.25, 0.3) is 10.9 Å². The van der Waals surface area contributed by atoms with Gasteiger partial charge in [0.05, 0.1) is 6.61 Å². The normalized spacial score (nSPS) is 13.3. The highest BCUT2D eigenvalue weighted by Crippen LogP contribution is 2.20. The van der Waals surface area contributed by atoms with E-state index in [0.717, 1.165) is 16.5 Å². The number of nitrogens with one attached hydrogen (secondary N) is 1. The lowest BCUT2D eigenvalue weighted by Crippen LogP contribution is -2.26. The van der Waals surface area contributed by atoms with Crippen molar-refractivity contribution in [3.63, 3.8) is 0 Å². The Labute approximate surface area is 86.7 Å². The van der Waals surface area contributed by atoms with Crippen molar-refractivity contribution < 1.29 is 9.50 Å². The molecular formula is C11H13FN2O. The second-order valence-electron chi connectivity index (χ2n) is 3.65. The maximum absolute atomic E-state index is 12.9. The van der Waals surface area contributed by atoms with Gasteiger partial charge in [-0.2, -0.15) is 0 Å². The molecule has 0 saturated heterocycles. The van der Waals surface area contributed by atoms with E-state index in [-0.39, 0.29) is 18.5 Å². The minimum absolute atomic E-state index is 0.0477. The summed E-state index contributed by atoms with van der Waals surface area (Å²) in [6, 6.07) is 4.32. The molecule has 0 saturated carbocycles. The van der Waals surface area contributed by atoms with E-state index in [4.69, 9.17) is 10.8 Å². The largest absolute Gasteiger partial charge is 0.395 e. The minimum atomic E-state index is -0.269. The van der Waals surface area contributed by atoms with E-state index in [1.165, 1.54) is 12.1 Å². The number of hydrogen-bond donors (Lipinski definition) is 3. The van der Waals surface area contributed by atoms with E-state index in [0.29, 0.717) is 6.42 Å². The number of hydrogen-bond acceptors (Lipinski definition) is 2. The first-order valence-corrected chi connectivity index (χ1v) is 4.82. The Balaban J connectivity index is 2.36. The monoisotopic (exact) mass is 208 g/mol. The number of aliphatic hydroxyl groups excluding tert-OH is 1. The van der Waals surface area contributed by atoms with Gasteiger partial charge in [0.25, 0.3) is 0 Å². The second kappa shape index (κ2) is 4.00. The van der Waals surface area contributed by atoms with Crippen LogP contribution >= 0.6 is 0 Å². The van der Waals surface area contributed by atoms with Crippen LogP contribution in [-0.4, -0.2) is 22.7 Å². The highest BCUT2D eigenvalue weighted by Gasteiger charge is 2.08. The molecule has 2 aromatic rings. The molecule has 2 rings (SSSR count). The molecule has 4 N–H and O–H groups in total. The minimum Gasteiger partial charge on any atom is -0.395 e. The first-order valence-electron chi connectivity index (χ1n) is 4.82. The quantitative estimate of drug-likeness (QED) is 0.709. The zero-order valence-electron chi connectivity index (χ0n) is 8.20. The predicted octanol–water partition coefficient (Wildman–Crippen LogP) is 1.17. The van der Waals surface area contributed by atoms with E-state index in [2.05, 4.69) is 4.98 Å². The van der Waals surface area contributed by atoms with Gasteiger partial charge in [0.15, 0.2) is 0 Å².